The van der Waals surface area contributed by atoms with Crippen LogP contribution < -0.4 is 20.7 Å². The topological polar surface area (TPSA) is 145 Å². The van der Waals surface area contributed by atoms with Gasteiger partial charge in [-0.3, -0.25) is 9.59 Å². The van der Waals surface area contributed by atoms with E-state index in [1.807, 2.05) is 12.3 Å². The number of fused-ring (bicyclic) bond motifs is 3. The van der Waals surface area contributed by atoms with Gasteiger partial charge in [0.15, 0.2) is 5.69 Å². The van der Waals surface area contributed by atoms with Crippen LogP contribution in [0.2, 0.25) is 0 Å². The van der Waals surface area contributed by atoms with Gasteiger partial charge in [0.2, 0.25) is 0 Å². The van der Waals surface area contributed by atoms with Gasteiger partial charge in [-0.2, -0.15) is 11.3 Å². The molecular weight excluding hydrogens is 632 g/mol. The van der Waals surface area contributed by atoms with Crippen molar-refractivity contribution in [1.29, 1.82) is 0 Å². The summed E-state index contributed by atoms with van der Waals surface area (Å²) in [6.45, 7) is 8.45. The maximum Gasteiger partial charge on any atom is 0.407 e. The van der Waals surface area contributed by atoms with Crippen molar-refractivity contribution in [2.45, 2.75) is 52.7 Å². The fourth-order valence-electron chi connectivity index (χ4n) is 5.12. The first-order valence-corrected chi connectivity index (χ1v) is 16.5. The summed E-state index contributed by atoms with van der Waals surface area (Å²) in [4.78, 5) is 56.3. The number of hydrogen-bond acceptors (Lipinski definition) is 9. The summed E-state index contributed by atoms with van der Waals surface area (Å²) in [6.07, 6.45) is 0.915. The molecule has 0 saturated heterocycles. The number of esters is 1. The molecule has 0 unspecified atom stereocenters. The van der Waals surface area contributed by atoms with E-state index in [1.54, 1.807) is 74.6 Å². The van der Waals surface area contributed by atoms with Gasteiger partial charge < -0.3 is 30.2 Å². The van der Waals surface area contributed by atoms with E-state index in [2.05, 4.69) is 26.3 Å². The minimum Gasteiger partial charge on any atom is -0.493 e. The average Bonchev–Trinajstić information content (AvgIpc) is 3.46. The first-order valence-electron chi connectivity index (χ1n) is 15.6. The highest BCUT2D eigenvalue weighted by molar-refractivity contribution is 7.08. The van der Waals surface area contributed by atoms with E-state index in [1.165, 1.54) is 13.2 Å². The molecule has 3 heterocycles. The Hall–Kier alpha value is -5.23. The molecule has 1 aliphatic rings. The van der Waals surface area contributed by atoms with Crippen LogP contribution in [0, 0.1) is 0 Å². The van der Waals surface area contributed by atoms with Crippen LogP contribution in [0.25, 0.3) is 22.3 Å². The van der Waals surface area contributed by atoms with Crippen LogP contribution in [0.3, 0.4) is 0 Å². The Morgan fingerprint density at radius 2 is 1.69 bits per heavy atom. The lowest BCUT2D eigenvalue weighted by Crippen LogP contribution is -2.32. The number of carbonyl (C=O) groups excluding carboxylic acids is 4. The van der Waals surface area contributed by atoms with Gasteiger partial charge in [-0.05, 0) is 91.0 Å². The fourth-order valence-corrected chi connectivity index (χ4v) is 6.01. The molecule has 0 atom stereocenters. The van der Waals surface area contributed by atoms with Gasteiger partial charge in [-0.1, -0.05) is 19.1 Å². The molecule has 3 amide bonds. The number of rotatable bonds is 9. The summed E-state index contributed by atoms with van der Waals surface area (Å²) < 4.78 is 16.5. The van der Waals surface area contributed by atoms with E-state index >= 15 is 0 Å². The number of methoxy groups -OCH3 is 1. The third-order valence-corrected chi connectivity index (χ3v) is 8.20. The van der Waals surface area contributed by atoms with Gasteiger partial charge in [-0.25, -0.2) is 14.6 Å². The molecule has 0 fully saturated rings. The van der Waals surface area contributed by atoms with Crippen molar-refractivity contribution in [3.8, 4) is 28.0 Å². The molecule has 4 aromatic rings. The number of hydrogen-bond donors (Lipinski definition) is 3. The largest absolute Gasteiger partial charge is 0.493 e. The highest BCUT2D eigenvalue weighted by Crippen LogP contribution is 2.42. The smallest absolute Gasteiger partial charge is 0.407 e. The highest BCUT2D eigenvalue weighted by Gasteiger charge is 2.27. The molecule has 0 radical (unpaired) electrons. The number of thiophene rings is 1. The summed E-state index contributed by atoms with van der Waals surface area (Å²) >= 11 is 1.58. The normalized spacial score (nSPS) is 12.0. The molecule has 2 aromatic carbocycles. The van der Waals surface area contributed by atoms with Gasteiger partial charge >= 0.3 is 12.1 Å². The number of benzene rings is 2. The number of aromatic nitrogens is 1. The highest BCUT2D eigenvalue weighted by atomic mass is 32.1. The molecule has 2 aromatic heterocycles. The van der Waals surface area contributed by atoms with E-state index < -0.39 is 29.5 Å². The van der Waals surface area contributed by atoms with Gasteiger partial charge in [0, 0.05) is 47.5 Å². The quantitative estimate of drug-likeness (QED) is 0.169. The molecule has 11 nitrogen and oxygen atoms in total. The number of alkyl carbamates (subject to hydrolysis) is 1. The van der Waals surface area contributed by atoms with Crippen molar-refractivity contribution in [1.82, 2.24) is 15.6 Å². The molecule has 48 heavy (non-hydrogen) atoms. The van der Waals surface area contributed by atoms with Crippen molar-refractivity contribution in [3.63, 3.8) is 0 Å². The van der Waals surface area contributed by atoms with Crippen molar-refractivity contribution >= 4 is 40.9 Å². The average molecular weight is 671 g/mol. The standard InChI is InChI=1S/C36H38N4O7S/c1-6-14-37-33(42)29-12-11-24(31(40-29)34(43)45-5)25-17-30-26(28-20-48-19-22(28)13-15-46-30)16-27(25)32(41)39-23-9-7-21(8-10-23)18-38-35(44)47-36(2,3)4/h7-12,16-17,19-20H,6,13-15,18H2,1-5H3,(H,37,42)(H,38,44)(H,39,41). The molecule has 0 saturated carbocycles. The van der Waals surface area contributed by atoms with Crippen LogP contribution in [0.4, 0.5) is 10.5 Å². The SMILES string of the molecule is CCCNC(=O)c1ccc(-c2cc3c(cc2C(=O)Nc2ccc(CNC(=O)OC(C)(C)C)cc2)-c2cscc2CCO3)c(C(=O)OC)n1. The van der Waals surface area contributed by atoms with E-state index in [-0.39, 0.29) is 23.5 Å². The second kappa shape index (κ2) is 14.7. The maximum atomic E-state index is 14.1. The lowest BCUT2D eigenvalue weighted by Gasteiger charge is -2.19. The van der Waals surface area contributed by atoms with Crippen LogP contribution in [-0.2, 0) is 22.4 Å². The minimum atomic E-state index is -0.756. The fraction of sp³-hybridized carbons (Fsp3) is 0.306. The van der Waals surface area contributed by atoms with Crippen molar-refractivity contribution < 1.29 is 33.4 Å². The first kappa shape index (κ1) is 34.1. The number of carbonyl (C=O) groups is 4. The second-order valence-electron chi connectivity index (χ2n) is 12.1. The molecular formula is C36H38N4O7S. The Morgan fingerprint density at radius 1 is 0.917 bits per heavy atom. The molecule has 0 bridgehead atoms. The Bertz CT molecular complexity index is 1840. The zero-order valence-corrected chi connectivity index (χ0v) is 28.3. The van der Waals surface area contributed by atoms with E-state index in [0.717, 1.165) is 28.7 Å². The molecule has 0 spiro atoms. The molecule has 12 heteroatoms. The summed E-state index contributed by atoms with van der Waals surface area (Å²) in [5.74, 6) is -1.06. The number of amides is 3. The maximum absolute atomic E-state index is 14.1. The van der Waals surface area contributed by atoms with Gasteiger partial charge in [0.25, 0.3) is 11.8 Å². The number of nitrogens with one attached hydrogen (secondary N) is 3. The summed E-state index contributed by atoms with van der Waals surface area (Å²) in [6, 6.07) is 13.7. The van der Waals surface area contributed by atoms with Crippen molar-refractivity contribution in [3.05, 3.63) is 87.4 Å². The number of nitrogens with zero attached hydrogens (tertiary/aromatic N) is 1. The molecule has 3 N–H and O–H groups in total. The Kier molecular flexibility index (Phi) is 10.4. The van der Waals surface area contributed by atoms with E-state index in [4.69, 9.17) is 14.2 Å². The number of pyridine rings is 1. The van der Waals surface area contributed by atoms with Crippen LogP contribution >= 0.6 is 11.3 Å². The van der Waals surface area contributed by atoms with E-state index in [0.29, 0.717) is 42.1 Å². The van der Waals surface area contributed by atoms with Crippen molar-refractivity contribution in [2.24, 2.45) is 0 Å². The molecule has 1 aliphatic heterocycles. The Labute approximate surface area is 283 Å². The van der Waals surface area contributed by atoms with Crippen LogP contribution in [0.5, 0.6) is 5.75 Å². The van der Waals surface area contributed by atoms with Gasteiger partial charge in [0.05, 0.1) is 13.7 Å². The predicted molar refractivity (Wildman–Crippen MR) is 184 cm³/mol. The van der Waals surface area contributed by atoms with Gasteiger partial charge in [-0.15, -0.1) is 0 Å². The second-order valence-corrected chi connectivity index (χ2v) is 12.9. The number of anilines is 1. The Balaban J connectivity index is 1.51. The zero-order valence-electron chi connectivity index (χ0n) is 27.5. The summed E-state index contributed by atoms with van der Waals surface area (Å²) in [7, 11) is 1.23. The first-order chi connectivity index (χ1) is 23.0. The monoisotopic (exact) mass is 670 g/mol. The lowest BCUT2D eigenvalue weighted by molar-refractivity contribution is 0.0522. The molecule has 250 valence electrons. The summed E-state index contributed by atoms with van der Waals surface area (Å²) in [5, 5.41) is 12.5. The molecule has 5 rings (SSSR count). The van der Waals surface area contributed by atoms with Crippen LogP contribution in [0.15, 0.2) is 59.3 Å². The van der Waals surface area contributed by atoms with Gasteiger partial charge in [0.1, 0.15) is 17.0 Å². The molecule has 0 aliphatic carbocycles. The lowest BCUT2D eigenvalue weighted by atomic mass is 9.92. The van der Waals surface area contributed by atoms with Crippen LogP contribution in [0.1, 0.15) is 76.6 Å². The number of ether oxygens (including phenoxy) is 3. The Morgan fingerprint density at radius 3 is 2.40 bits per heavy atom. The van der Waals surface area contributed by atoms with Crippen molar-refractivity contribution in [2.75, 3.05) is 25.6 Å². The van der Waals surface area contributed by atoms with E-state index in [9.17, 15) is 19.2 Å². The summed E-state index contributed by atoms with van der Waals surface area (Å²) in [5.41, 5.74) is 4.47. The van der Waals surface area contributed by atoms with Crippen LogP contribution in [-0.4, -0.2) is 54.7 Å². The third kappa shape index (κ3) is 8.00. The predicted octanol–water partition coefficient (Wildman–Crippen LogP) is 6.62. The third-order valence-electron chi connectivity index (χ3n) is 7.41. The minimum absolute atomic E-state index is 0.0498. The zero-order chi connectivity index (χ0) is 34.4.